The van der Waals surface area contributed by atoms with E-state index in [1.807, 2.05) is 32.0 Å². The first-order valence-electron chi connectivity index (χ1n) is 8.10. The van der Waals surface area contributed by atoms with Crippen LogP contribution in [0.1, 0.15) is 43.2 Å². The number of hydrogen-bond acceptors (Lipinski definition) is 3. The molecule has 0 spiro atoms. The molecule has 0 aromatic heterocycles. The fourth-order valence-electron chi connectivity index (χ4n) is 2.80. The van der Waals surface area contributed by atoms with Gasteiger partial charge in [-0.2, -0.15) is 0 Å². The van der Waals surface area contributed by atoms with Crippen LogP contribution in [0.15, 0.2) is 18.2 Å². The van der Waals surface area contributed by atoms with Crippen LogP contribution in [0.2, 0.25) is 0 Å². The molecule has 6 heteroatoms. The summed E-state index contributed by atoms with van der Waals surface area (Å²) in [4.78, 5) is 23.5. The minimum Gasteiger partial charge on any atom is -0.483 e. The van der Waals surface area contributed by atoms with Crippen LogP contribution >= 0.6 is 0 Å². The highest BCUT2D eigenvalue weighted by molar-refractivity contribution is 5.82. The Hall–Kier alpha value is -2.24. The molecule has 0 saturated heterocycles. The van der Waals surface area contributed by atoms with E-state index < -0.39 is 5.91 Å². The summed E-state index contributed by atoms with van der Waals surface area (Å²) in [5, 5.41) is 2.86. The topological polar surface area (TPSA) is 79.5 Å². The molecule has 0 aliphatic heterocycles. The van der Waals surface area contributed by atoms with Gasteiger partial charge < -0.3 is 10.1 Å². The summed E-state index contributed by atoms with van der Waals surface area (Å²) in [5.41, 5.74) is 6.67. The molecule has 0 heterocycles. The maximum Gasteiger partial charge on any atom is 0.333 e. The minimum atomic E-state index is -0.397. The SMILES string of the molecule is Cc1cccc(C)c1OCC(=O)NNC(=O)NC1CCCCC1. The van der Waals surface area contributed by atoms with Crippen LogP contribution in [0, 0.1) is 13.8 Å². The zero-order chi connectivity index (χ0) is 16.7. The molecule has 0 atom stereocenters. The molecule has 6 nitrogen and oxygen atoms in total. The molecule has 126 valence electrons. The van der Waals surface area contributed by atoms with Crippen molar-refractivity contribution in [1.82, 2.24) is 16.2 Å². The maximum absolute atomic E-state index is 11.8. The predicted molar refractivity (Wildman–Crippen MR) is 88.1 cm³/mol. The standard InChI is InChI=1S/C17H25N3O3/c1-12-7-6-8-13(2)16(12)23-11-15(21)19-20-17(22)18-14-9-4-3-5-10-14/h6-8,14H,3-5,9-11H2,1-2H3,(H,19,21)(H2,18,20,22). The van der Waals surface area contributed by atoms with Crippen LogP contribution in [0.4, 0.5) is 4.79 Å². The third kappa shape index (κ3) is 5.47. The van der Waals surface area contributed by atoms with Crippen molar-refractivity contribution in [2.24, 2.45) is 0 Å². The van der Waals surface area contributed by atoms with Crippen LogP contribution < -0.4 is 20.9 Å². The summed E-state index contributed by atoms with van der Waals surface area (Å²) in [5.74, 6) is 0.306. The summed E-state index contributed by atoms with van der Waals surface area (Å²) < 4.78 is 5.53. The lowest BCUT2D eigenvalue weighted by Crippen LogP contribution is -2.51. The van der Waals surface area contributed by atoms with Gasteiger partial charge in [-0.1, -0.05) is 37.5 Å². The van der Waals surface area contributed by atoms with Gasteiger partial charge in [0.1, 0.15) is 5.75 Å². The molecule has 23 heavy (non-hydrogen) atoms. The number of benzene rings is 1. The summed E-state index contributed by atoms with van der Waals surface area (Å²) in [6.07, 6.45) is 5.50. The van der Waals surface area contributed by atoms with Crippen molar-refractivity contribution in [3.8, 4) is 5.75 Å². The van der Waals surface area contributed by atoms with E-state index in [1.54, 1.807) is 0 Å². The van der Waals surface area contributed by atoms with Gasteiger partial charge in [-0.15, -0.1) is 0 Å². The van der Waals surface area contributed by atoms with Crippen molar-refractivity contribution in [3.63, 3.8) is 0 Å². The van der Waals surface area contributed by atoms with Gasteiger partial charge in [0.2, 0.25) is 0 Å². The zero-order valence-electron chi connectivity index (χ0n) is 13.8. The second kappa shape index (κ2) is 8.41. The molecule has 1 fully saturated rings. The Labute approximate surface area is 136 Å². The first-order chi connectivity index (χ1) is 11.1. The van der Waals surface area contributed by atoms with E-state index in [0.29, 0.717) is 5.75 Å². The van der Waals surface area contributed by atoms with Crippen molar-refractivity contribution < 1.29 is 14.3 Å². The van der Waals surface area contributed by atoms with Gasteiger partial charge in [0.15, 0.2) is 6.61 Å². The average Bonchev–Trinajstić information content (AvgIpc) is 2.53. The normalized spacial score (nSPS) is 14.9. The quantitative estimate of drug-likeness (QED) is 0.745. The molecule has 3 amide bonds. The van der Waals surface area contributed by atoms with Gasteiger partial charge in [0.05, 0.1) is 0 Å². The largest absolute Gasteiger partial charge is 0.483 e. The summed E-state index contributed by atoms with van der Waals surface area (Å²) in [6.45, 7) is 3.71. The molecule has 3 N–H and O–H groups in total. The number of rotatable bonds is 4. The molecule has 1 aliphatic rings. The lowest BCUT2D eigenvalue weighted by molar-refractivity contribution is -0.123. The van der Waals surface area contributed by atoms with Crippen molar-refractivity contribution >= 4 is 11.9 Å². The fourth-order valence-corrected chi connectivity index (χ4v) is 2.80. The van der Waals surface area contributed by atoms with E-state index in [0.717, 1.165) is 36.8 Å². The highest BCUT2D eigenvalue weighted by atomic mass is 16.5. The van der Waals surface area contributed by atoms with E-state index >= 15 is 0 Å². The van der Waals surface area contributed by atoms with Gasteiger partial charge in [-0.05, 0) is 37.8 Å². The van der Waals surface area contributed by atoms with Crippen molar-refractivity contribution in [2.45, 2.75) is 52.0 Å². The number of ether oxygens (including phenoxy) is 1. The number of hydrazine groups is 1. The van der Waals surface area contributed by atoms with Gasteiger partial charge in [-0.25, -0.2) is 10.2 Å². The number of para-hydroxylation sites is 1. The lowest BCUT2D eigenvalue weighted by atomic mass is 9.96. The van der Waals surface area contributed by atoms with Crippen molar-refractivity contribution in [1.29, 1.82) is 0 Å². The number of carbonyl (C=O) groups excluding carboxylic acids is 2. The molecular weight excluding hydrogens is 294 g/mol. The number of carbonyl (C=O) groups is 2. The molecule has 0 unspecified atom stereocenters. The number of aryl methyl sites for hydroxylation is 2. The molecule has 1 aliphatic carbocycles. The molecule has 2 rings (SSSR count). The number of urea groups is 1. The Morgan fingerprint density at radius 3 is 2.39 bits per heavy atom. The monoisotopic (exact) mass is 319 g/mol. The van der Waals surface area contributed by atoms with E-state index in [2.05, 4.69) is 16.2 Å². The highest BCUT2D eigenvalue weighted by Gasteiger charge is 2.15. The van der Waals surface area contributed by atoms with Crippen LogP contribution in [0.5, 0.6) is 5.75 Å². The highest BCUT2D eigenvalue weighted by Crippen LogP contribution is 2.22. The van der Waals surface area contributed by atoms with E-state index in [-0.39, 0.29) is 18.7 Å². The van der Waals surface area contributed by atoms with Crippen LogP contribution in [0.25, 0.3) is 0 Å². The third-order valence-electron chi connectivity index (χ3n) is 4.01. The second-order valence-corrected chi connectivity index (χ2v) is 5.99. The third-order valence-corrected chi connectivity index (χ3v) is 4.01. The molecule has 0 radical (unpaired) electrons. The van der Waals surface area contributed by atoms with E-state index in [1.165, 1.54) is 6.42 Å². The Balaban J connectivity index is 1.69. The molecule has 0 bridgehead atoms. The summed E-state index contributed by atoms with van der Waals surface area (Å²) >= 11 is 0. The van der Waals surface area contributed by atoms with E-state index in [9.17, 15) is 9.59 Å². The Kier molecular flexibility index (Phi) is 6.26. The minimum absolute atomic E-state index is 0.143. The maximum atomic E-state index is 11.8. The van der Waals surface area contributed by atoms with Gasteiger partial charge in [0.25, 0.3) is 5.91 Å². The van der Waals surface area contributed by atoms with E-state index in [4.69, 9.17) is 4.74 Å². The first-order valence-corrected chi connectivity index (χ1v) is 8.10. The number of nitrogens with one attached hydrogen (secondary N) is 3. The Morgan fingerprint density at radius 1 is 1.09 bits per heavy atom. The van der Waals surface area contributed by atoms with Crippen LogP contribution in [-0.2, 0) is 4.79 Å². The number of hydrogen-bond donors (Lipinski definition) is 3. The Morgan fingerprint density at radius 2 is 1.74 bits per heavy atom. The zero-order valence-corrected chi connectivity index (χ0v) is 13.8. The molecule has 1 aromatic carbocycles. The predicted octanol–water partition coefficient (Wildman–Crippen LogP) is 2.35. The molecule has 1 saturated carbocycles. The second-order valence-electron chi connectivity index (χ2n) is 5.99. The van der Waals surface area contributed by atoms with Crippen molar-refractivity contribution in [3.05, 3.63) is 29.3 Å². The lowest BCUT2D eigenvalue weighted by Gasteiger charge is -2.22. The molecule has 1 aromatic rings. The molecular formula is C17H25N3O3. The summed E-state index contributed by atoms with van der Waals surface area (Å²) in [7, 11) is 0. The summed E-state index contributed by atoms with van der Waals surface area (Å²) in [6, 6.07) is 5.62. The Bertz CT molecular complexity index is 534. The smallest absolute Gasteiger partial charge is 0.333 e. The van der Waals surface area contributed by atoms with Crippen molar-refractivity contribution in [2.75, 3.05) is 6.61 Å². The van der Waals surface area contributed by atoms with Gasteiger partial charge >= 0.3 is 6.03 Å². The van der Waals surface area contributed by atoms with Gasteiger partial charge in [0, 0.05) is 6.04 Å². The number of amides is 3. The fraction of sp³-hybridized carbons (Fsp3) is 0.529. The first kappa shape index (κ1) is 17.1. The van der Waals surface area contributed by atoms with Gasteiger partial charge in [-0.3, -0.25) is 10.2 Å². The van der Waals surface area contributed by atoms with Crippen LogP contribution in [-0.4, -0.2) is 24.6 Å². The average molecular weight is 319 g/mol. The van der Waals surface area contributed by atoms with Crippen LogP contribution in [0.3, 0.4) is 0 Å².